The smallest absolute Gasteiger partial charge is 0.220 e. The largest absolute Gasteiger partial charge is 0.383 e. The molecule has 0 radical (unpaired) electrons. The van der Waals surface area contributed by atoms with Crippen LogP contribution >= 0.6 is 40.8 Å². The number of aliphatic hydroxyl groups is 1. The van der Waals surface area contributed by atoms with Crippen LogP contribution in [-0.2, 0) is 24.6 Å². The summed E-state index contributed by atoms with van der Waals surface area (Å²) in [5, 5.41) is 10.6. The second kappa shape index (κ2) is 8.93. The van der Waals surface area contributed by atoms with Gasteiger partial charge in [-0.1, -0.05) is 58.7 Å². The molecular formula is C16H18Cl3N2OPS. The van der Waals surface area contributed by atoms with E-state index in [0.29, 0.717) is 25.2 Å². The van der Waals surface area contributed by atoms with Crippen LogP contribution in [0, 0.1) is 0 Å². The first-order valence-electron chi connectivity index (χ1n) is 7.44. The quantitative estimate of drug-likeness (QED) is 0.528. The summed E-state index contributed by atoms with van der Waals surface area (Å²) in [5.74, 6) is -1.16. The van der Waals surface area contributed by atoms with Crippen LogP contribution in [0.2, 0.25) is 0 Å². The molecule has 0 saturated heterocycles. The minimum atomic E-state index is -2.35. The summed E-state index contributed by atoms with van der Waals surface area (Å²) in [6.45, 7) is 0. The maximum Gasteiger partial charge on any atom is 0.220 e. The van der Waals surface area contributed by atoms with E-state index >= 15 is 0 Å². The molecule has 0 saturated carbocycles. The minimum absolute atomic E-state index is 0.585. The number of rotatable bonds is 7. The Bertz CT molecular complexity index is 635. The van der Waals surface area contributed by atoms with Crippen molar-refractivity contribution in [3.63, 3.8) is 0 Å². The van der Waals surface area contributed by atoms with Crippen molar-refractivity contribution < 1.29 is 5.11 Å². The molecule has 0 aliphatic carbocycles. The van der Waals surface area contributed by atoms with Crippen molar-refractivity contribution in [3.8, 4) is 0 Å². The number of pyridine rings is 2. The number of hydrogen-bond acceptors (Lipinski definition) is 4. The topological polar surface area (TPSA) is 46.0 Å². The molecule has 0 aliphatic heterocycles. The zero-order valence-corrected chi connectivity index (χ0v) is 16.8. The van der Waals surface area contributed by atoms with Crippen LogP contribution < -0.4 is 0 Å². The van der Waals surface area contributed by atoms with E-state index in [4.69, 9.17) is 46.6 Å². The molecule has 2 rings (SSSR count). The van der Waals surface area contributed by atoms with Gasteiger partial charge >= 0.3 is 0 Å². The molecular weight excluding hydrogens is 406 g/mol. The van der Waals surface area contributed by atoms with Crippen LogP contribution in [0.3, 0.4) is 0 Å². The molecule has 2 aromatic rings. The zero-order chi connectivity index (χ0) is 17.6. The van der Waals surface area contributed by atoms with Crippen molar-refractivity contribution in [2.45, 2.75) is 22.5 Å². The monoisotopic (exact) mass is 422 g/mol. The number of nitrogens with zero attached hydrogens (tertiary/aromatic N) is 2. The van der Waals surface area contributed by atoms with Gasteiger partial charge in [-0.25, -0.2) is 0 Å². The van der Waals surface area contributed by atoms with Gasteiger partial charge in [0.05, 0.1) is 0 Å². The molecule has 0 spiro atoms. The van der Waals surface area contributed by atoms with Gasteiger partial charge in [0.1, 0.15) is 5.85 Å². The molecule has 2 aromatic heterocycles. The lowest BCUT2D eigenvalue weighted by atomic mass is 10.3. The lowest BCUT2D eigenvalue weighted by Gasteiger charge is -2.32. The van der Waals surface area contributed by atoms with Gasteiger partial charge in [0, 0.05) is 23.8 Å². The molecule has 2 heterocycles. The molecule has 0 bridgehead atoms. The number of halogens is 3. The molecule has 0 fully saturated rings. The second-order valence-electron chi connectivity index (χ2n) is 5.46. The standard InChI is InChI=1S/C16H18Cl3N2OPS/c17-16(18,19)15(22)23(24,11-7-13-5-1-3-9-20-13)12-8-14-6-2-4-10-21-14/h1-6,9-10,15,22H,7-8,11-12H2. The van der Waals surface area contributed by atoms with Crippen molar-refractivity contribution in [1.29, 1.82) is 0 Å². The number of hydrogen-bond donors (Lipinski definition) is 1. The van der Waals surface area contributed by atoms with Crippen LogP contribution in [0.5, 0.6) is 0 Å². The van der Waals surface area contributed by atoms with Gasteiger partial charge in [-0.3, -0.25) is 9.97 Å². The number of alkyl halides is 3. The summed E-state index contributed by atoms with van der Waals surface area (Å²) in [5.41, 5.74) is 1.84. The van der Waals surface area contributed by atoms with Crippen molar-refractivity contribution in [2.24, 2.45) is 0 Å². The normalized spacial score (nSPS) is 13.7. The molecule has 130 valence electrons. The fourth-order valence-electron chi connectivity index (χ4n) is 2.32. The van der Waals surface area contributed by atoms with E-state index in [2.05, 4.69) is 9.97 Å². The Morgan fingerprint density at radius 1 is 0.958 bits per heavy atom. The highest BCUT2D eigenvalue weighted by molar-refractivity contribution is 8.15. The first kappa shape index (κ1) is 20.1. The molecule has 1 atom stereocenters. The molecule has 0 aromatic carbocycles. The summed E-state index contributed by atoms with van der Waals surface area (Å²) >= 11 is 23.6. The van der Waals surface area contributed by atoms with Crippen LogP contribution in [0.15, 0.2) is 48.8 Å². The third-order valence-corrected chi connectivity index (χ3v) is 9.69. The van der Waals surface area contributed by atoms with Gasteiger partial charge in [-0.15, -0.1) is 0 Å². The highest BCUT2D eigenvalue weighted by Crippen LogP contribution is 2.57. The SMILES string of the molecule is OC(C(Cl)(Cl)Cl)P(=S)(CCc1ccccn1)CCc1ccccn1. The molecule has 8 heteroatoms. The third kappa shape index (κ3) is 5.94. The van der Waals surface area contributed by atoms with Crippen LogP contribution in [0.4, 0.5) is 0 Å². The Morgan fingerprint density at radius 2 is 1.42 bits per heavy atom. The van der Waals surface area contributed by atoms with E-state index in [-0.39, 0.29) is 0 Å². The summed E-state index contributed by atoms with van der Waals surface area (Å²) in [6, 6.07) is 9.07. The van der Waals surface area contributed by atoms with E-state index in [0.717, 1.165) is 11.4 Å². The van der Waals surface area contributed by atoms with Crippen molar-refractivity contribution in [2.75, 3.05) is 12.3 Å². The molecule has 0 amide bonds. The Kier molecular flexibility index (Phi) is 7.48. The van der Waals surface area contributed by atoms with Gasteiger partial charge in [0.2, 0.25) is 3.79 Å². The third-order valence-electron chi connectivity index (χ3n) is 3.68. The van der Waals surface area contributed by atoms with E-state index in [9.17, 15) is 5.11 Å². The van der Waals surface area contributed by atoms with Crippen LogP contribution in [0.1, 0.15) is 11.4 Å². The predicted molar refractivity (Wildman–Crippen MR) is 106 cm³/mol. The summed E-state index contributed by atoms with van der Waals surface area (Å²) in [4.78, 5) is 8.60. The van der Waals surface area contributed by atoms with E-state index < -0.39 is 15.7 Å². The first-order chi connectivity index (χ1) is 11.3. The number of aryl methyl sites for hydroxylation is 2. The molecule has 0 aliphatic rings. The molecule has 24 heavy (non-hydrogen) atoms. The van der Waals surface area contributed by atoms with Gasteiger partial charge in [-0.05, 0) is 55.5 Å². The molecule has 3 nitrogen and oxygen atoms in total. The fraction of sp³-hybridized carbons (Fsp3) is 0.375. The zero-order valence-electron chi connectivity index (χ0n) is 12.9. The van der Waals surface area contributed by atoms with E-state index in [1.54, 1.807) is 12.4 Å². The predicted octanol–water partition coefficient (Wildman–Crippen LogP) is 4.43. The lowest BCUT2D eigenvalue weighted by molar-refractivity contribution is 0.261. The van der Waals surface area contributed by atoms with Crippen LogP contribution in [-0.4, -0.2) is 37.0 Å². The maximum absolute atomic E-state index is 10.6. The molecule has 1 unspecified atom stereocenters. The average molecular weight is 424 g/mol. The first-order valence-corrected chi connectivity index (χ1v) is 11.8. The van der Waals surface area contributed by atoms with E-state index in [1.807, 2.05) is 36.4 Å². The fourth-order valence-corrected chi connectivity index (χ4v) is 8.01. The summed E-state index contributed by atoms with van der Waals surface area (Å²) in [7, 11) is 0. The van der Waals surface area contributed by atoms with Crippen molar-refractivity contribution >= 4 is 52.6 Å². The Labute approximate surface area is 162 Å². The van der Waals surface area contributed by atoms with Gasteiger partial charge in [0.15, 0.2) is 0 Å². The van der Waals surface area contributed by atoms with Crippen molar-refractivity contribution in [1.82, 2.24) is 9.97 Å². The summed E-state index contributed by atoms with van der Waals surface area (Å²) < 4.78 is -1.79. The molecule has 1 N–H and O–H groups in total. The minimum Gasteiger partial charge on any atom is -0.383 e. The number of aliphatic hydroxyl groups excluding tert-OH is 1. The second-order valence-corrected chi connectivity index (χ2v) is 13.3. The van der Waals surface area contributed by atoms with E-state index in [1.165, 1.54) is 0 Å². The highest BCUT2D eigenvalue weighted by Gasteiger charge is 2.41. The maximum atomic E-state index is 10.6. The highest BCUT2D eigenvalue weighted by atomic mass is 35.6. The van der Waals surface area contributed by atoms with Gasteiger partial charge < -0.3 is 5.11 Å². The summed E-state index contributed by atoms with van der Waals surface area (Å²) in [6.07, 6.45) is 5.94. The number of aromatic nitrogens is 2. The Balaban J connectivity index is 2.13. The Morgan fingerprint density at radius 3 is 1.75 bits per heavy atom. The Hall–Kier alpha value is -0.220. The van der Waals surface area contributed by atoms with Crippen LogP contribution in [0.25, 0.3) is 0 Å². The van der Waals surface area contributed by atoms with Gasteiger partial charge in [-0.2, -0.15) is 0 Å². The lowest BCUT2D eigenvalue weighted by Crippen LogP contribution is -2.28. The average Bonchev–Trinajstić information content (AvgIpc) is 2.58. The van der Waals surface area contributed by atoms with Gasteiger partial charge in [0.25, 0.3) is 0 Å². The van der Waals surface area contributed by atoms with Crippen molar-refractivity contribution in [3.05, 3.63) is 60.2 Å².